The fourth-order valence-electron chi connectivity index (χ4n) is 1.81. The van der Waals surface area contributed by atoms with Crippen molar-refractivity contribution in [2.45, 2.75) is 20.8 Å². The maximum Gasteiger partial charge on any atom is 0.0375 e. The average molecular weight is 197 g/mol. The molecule has 15 heavy (non-hydrogen) atoms. The van der Waals surface area contributed by atoms with E-state index in [2.05, 4.69) is 49.2 Å². The fraction of sp³-hybridized carbons (Fsp3) is 0.214. The van der Waals surface area contributed by atoms with Crippen LogP contribution in [-0.2, 0) is 0 Å². The SMILES string of the molecule is Cc1cccc(-c2cnc(C)cc2C)c1. The standard InChI is InChI=1S/C14H15N/c1-10-5-4-6-13(7-10)14-9-15-12(3)8-11(14)2/h4-9H,1-3H3. The maximum absolute atomic E-state index is 4.35. The lowest BCUT2D eigenvalue weighted by molar-refractivity contribution is 1.18. The van der Waals surface area contributed by atoms with Crippen molar-refractivity contribution in [1.29, 1.82) is 0 Å². The van der Waals surface area contributed by atoms with Gasteiger partial charge in [0.25, 0.3) is 0 Å². The van der Waals surface area contributed by atoms with Gasteiger partial charge in [-0.2, -0.15) is 0 Å². The van der Waals surface area contributed by atoms with E-state index in [1.807, 2.05) is 13.1 Å². The molecule has 1 heteroatoms. The molecule has 0 atom stereocenters. The van der Waals surface area contributed by atoms with Crippen LogP contribution in [0.1, 0.15) is 16.8 Å². The van der Waals surface area contributed by atoms with Gasteiger partial charge >= 0.3 is 0 Å². The predicted octanol–water partition coefficient (Wildman–Crippen LogP) is 3.67. The molecule has 0 unspecified atom stereocenters. The minimum Gasteiger partial charge on any atom is -0.261 e. The van der Waals surface area contributed by atoms with E-state index in [1.165, 1.54) is 22.3 Å². The number of hydrogen-bond donors (Lipinski definition) is 0. The van der Waals surface area contributed by atoms with E-state index in [0.717, 1.165) is 5.69 Å². The fourth-order valence-corrected chi connectivity index (χ4v) is 1.81. The Morgan fingerprint density at radius 2 is 1.80 bits per heavy atom. The first kappa shape index (κ1) is 9.91. The molecule has 0 amide bonds. The Morgan fingerprint density at radius 1 is 1.00 bits per heavy atom. The van der Waals surface area contributed by atoms with Gasteiger partial charge in [-0.3, -0.25) is 4.98 Å². The molecule has 0 saturated carbocycles. The van der Waals surface area contributed by atoms with Crippen molar-refractivity contribution in [2.75, 3.05) is 0 Å². The van der Waals surface area contributed by atoms with Crippen LogP contribution in [0.15, 0.2) is 36.5 Å². The lowest BCUT2D eigenvalue weighted by Gasteiger charge is -2.06. The Kier molecular flexibility index (Phi) is 2.55. The summed E-state index contributed by atoms with van der Waals surface area (Å²) in [6.07, 6.45) is 1.96. The summed E-state index contributed by atoms with van der Waals surface area (Å²) in [5.41, 5.74) is 6.12. The van der Waals surface area contributed by atoms with E-state index in [-0.39, 0.29) is 0 Å². The highest BCUT2D eigenvalue weighted by Crippen LogP contribution is 2.23. The zero-order valence-corrected chi connectivity index (χ0v) is 9.41. The minimum absolute atomic E-state index is 1.07. The third-order valence-corrected chi connectivity index (χ3v) is 2.58. The van der Waals surface area contributed by atoms with Crippen LogP contribution < -0.4 is 0 Å². The van der Waals surface area contributed by atoms with Crippen molar-refractivity contribution in [3.8, 4) is 11.1 Å². The molecule has 1 nitrogen and oxygen atoms in total. The molecule has 0 aliphatic rings. The highest BCUT2D eigenvalue weighted by atomic mass is 14.7. The Hall–Kier alpha value is -1.63. The van der Waals surface area contributed by atoms with E-state index >= 15 is 0 Å². The van der Waals surface area contributed by atoms with E-state index < -0.39 is 0 Å². The summed E-state index contributed by atoms with van der Waals surface area (Å²) in [6.45, 7) is 6.26. The van der Waals surface area contributed by atoms with Gasteiger partial charge in [-0.05, 0) is 38.0 Å². The second-order valence-electron chi connectivity index (χ2n) is 4.01. The number of hydrogen-bond acceptors (Lipinski definition) is 1. The molecule has 76 valence electrons. The highest BCUT2D eigenvalue weighted by molar-refractivity contribution is 5.66. The largest absolute Gasteiger partial charge is 0.261 e. The van der Waals surface area contributed by atoms with E-state index in [4.69, 9.17) is 0 Å². The van der Waals surface area contributed by atoms with Crippen molar-refractivity contribution in [2.24, 2.45) is 0 Å². The third kappa shape index (κ3) is 2.07. The summed E-state index contributed by atoms with van der Waals surface area (Å²) in [5.74, 6) is 0. The highest BCUT2D eigenvalue weighted by Gasteiger charge is 2.02. The predicted molar refractivity (Wildman–Crippen MR) is 63.9 cm³/mol. The van der Waals surface area contributed by atoms with Gasteiger partial charge in [0.2, 0.25) is 0 Å². The summed E-state index contributed by atoms with van der Waals surface area (Å²) in [7, 11) is 0. The second kappa shape index (κ2) is 3.85. The average Bonchev–Trinajstić information content (AvgIpc) is 2.17. The molecule has 0 aliphatic carbocycles. The van der Waals surface area contributed by atoms with Crippen LogP contribution >= 0.6 is 0 Å². The Bertz CT molecular complexity index is 486. The van der Waals surface area contributed by atoms with Crippen molar-refractivity contribution >= 4 is 0 Å². The topological polar surface area (TPSA) is 12.9 Å². The summed E-state index contributed by atoms with van der Waals surface area (Å²) < 4.78 is 0. The molecular weight excluding hydrogens is 182 g/mol. The molecule has 2 aromatic rings. The Labute approximate surface area is 90.8 Å². The summed E-state index contributed by atoms with van der Waals surface area (Å²) in [5, 5.41) is 0. The monoisotopic (exact) mass is 197 g/mol. The molecule has 2 rings (SSSR count). The number of rotatable bonds is 1. The van der Waals surface area contributed by atoms with Gasteiger partial charge in [-0.15, -0.1) is 0 Å². The number of pyridine rings is 1. The van der Waals surface area contributed by atoms with E-state index in [0.29, 0.717) is 0 Å². The third-order valence-electron chi connectivity index (χ3n) is 2.58. The van der Waals surface area contributed by atoms with Crippen LogP contribution in [0, 0.1) is 20.8 Å². The zero-order valence-electron chi connectivity index (χ0n) is 9.41. The van der Waals surface area contributed by atoms with Gasteiger partial charge in [-0.25, -0.2) is 0 Å². The van der Waals surface area contributed by atoms with Crippen LogP contribution in [0.2, 0.25) is 0 Å². The smallest absolute Gasteiger partial charge is 0.0375 e. The van der Waals surface area contributed by atoms with Gasteiger partial charge in [0.15, 0.2) is 0 Å². The number of aryl methyl sites for hydroxylation is 3. The van der Waals surface area contributed by atoms with Crippen LogP contribution in [-0.4, -0.2) is 4.98 Å². The first-order chi connectivity index (χ1) is 7.16. The summed E-state index contributed by atoms with van der Waals surface area (Å²) >= 11 is 0. The molecule has 1 aromatic carbocycles. The van der Waals surface area contributed by atoms with Crippen molar-refractivity contribution in [3.63, 3.8) is 0 Å². The van der Waals surface area contributed by atoms with Crippen LogP contribution in [0.4, 0.5) is 0 Å². The molecule has 0 spiro atoms. The maximum atomic E-state index is 4.35. The molecule has 0 saturated heterocycles. The first-order valence-corrected chi connectivity index (χ1v) is 5.17. The molecule has 1 aromatic heterocycles. The van der Waals surface area contributed by atoms with Gasteiger partial charge in [0.05, 0.1) is 0 Å². The lowest BCUT2D eigenvalue weighted by Crippen LogP contribution is -1.88. The van der Waals surface area contributed by atoms with Crippen molar-refractivity contribution < 1.29 is 0 Å². The zero-order chi connectivity index (χ0) is 10.8. The molecule has 0 N–H and O–H groups in total. The Balaban J connectivity index is 2.54. The van der Waals surface area contributed by atoms with Gasteiger partial charge in [0, 0.05) is 17.5 Å². The van der Waals surface area contributed by atoms with E-state index in [1.54, 1.807) is 0 Å². The van der Waals surface area contributed by atoms with Gasteiger partial charge in [0.1, 0.15) is 0 Å². The van der Waals surface area contributed by atoms with Gasteiger partial charge in [-0.1, -0.05) is 29.8 Å². The first-order valence-electron chi connectivity index (χ1n) is 5.17. The number of benzene rings is 1. The lowest BCUT2D eigenvalue weighted by atomic mass is 10.0. The molecular formula is C14H15N. The van der Waals surface area contributed by atoms with Crippen LogP contribution in [0.3, 0.4) is 0 Å². The van der Waals surface area contributed by atoms with Crippen LogP contribution in [0.5, 0.6) is 0 Å². The molecule has 1 heterocycles. The quantitative estimate of drug-likeness (QED) is 0.679. The Morgan fingerprint density at radius 3 is 2.47 bits per heavy atom. The van der Waals surface area contributed by atoms with Crippen LogP contribution in [0.25, 0.3) is 11.1 Å². The molecule has 0 fully saturated rings. The molecule has 0 bridgehead atoms. The normalized spacial score (nSPS) is 10.3. The molecule has 0 aliphatic heterocycles. The van der Waals surface area contributed by atoms with Crippen molar-refractivity contribution in [1.82, 2.24) is 4.98 Å². The van der Waals surface area contributed by atoms with Crippen molar-refractivity contribution in [3.05, 3.63) is 53.3 Å². The molecule has 0 radical (unpaired) electrons. The second-order valence-corrected chi connectivity index (χ2v) is 4.01. The number of nitrogens with zero attached hydrogens (tertiary/aromatic N) is 1. The summed E-state index contributed by atoms with van der Waals surface area (Å²) in [4.78, 5) is 4.35. The minimum atomic E-state index is 1.07. The summed E-state index contributed by atoms with van der Waals surface area (Å²) in [6, 6.07) is 10.6. The number of aromatic nitrogens is 1. The van der Waals surface area contributed by atoms with Gasteiger partial charge < -0.3 is 0 Å². The van der Waals surface area contributed by atoms with E-state index in [9.17, 15) is 0 Å².